The van der Waals surface area contributed by atoms with Crippen LogP contribution in [0.2, 0.25) is 0 Å². The van der Waals surface area contributed by atoms with Gasteiger partial charge in [-0.2, -0.15) is 0 Å². The third-order valence-electron chi connectivity index (χ3n) is 4.41. The number of rotatable bonds is 6. The number of hydrogen-bond donors (Lipinski definition) is 2. The van der Waals surface area contributed by atoms with Gasteiger partial charge in [0.1, 0.15) is 0 Å². The van der Waals surface area contributed by atoms with E-state index in [4.69, 9.17) is 0 Å². The fraction of sp³-hybridized carbons (Fsp3) is 0.611. The average Bonchev–Trinajstić information content (AvgIpc) is 2.55. The van der Waals surface area contributed by atoms with E-state index in [1.54, 1.807) is 0 Å². The Bertz CT molecular complexity index is 693. The van der Waals surface area contributed by atoms with Gasteiger partial charge in [0, 0.05) is 32.7 Å². The van der Waals surface area contributed by atoms with Crippen molar-refractivity contribution in [2.45, 2.75) is 27.3 Å². The Hall–Kier alpha value is -0.870. The molecule has 2 N–H and O–H groups in total. The zero-order valence-electron chi connectivity index (χ0n) is 15.9. The summed E-state index contributed by atoms with van der Waals surface area (Å²) in [5.74, 6) is 1.34. The molecule has 2 rings (SSSR count). The van der Waals surface area contributed by atoms with Crippen LogP contribution in [-0.2, 0) is 16.4 Å². The lowest BCUT2D eigenvalue weighted by atomic mass is 10.1. The van der Waals surface area contributed by atoms with Crippen LogP contribution in [0.4, 0.5) is 0 Å². The number of guanidine groups is 1. The second-order valence-corrected chi connectivity index (χ2v) is 8.85. The number of nitrogens with one attached hydrogen (secondary N) is 2. The number of sulfone groups is 1. The van der Waals surface area contributed by atoms with Crippen molar-refractivity contribution < 1.29 is 8.42 Å². The molecule has 1 aromatic carbocycles. The molecule has 1 fully saturated rings. The zero-order chi connectivity index (χ0) is 18.3. The van der Waals surface area contributed by atoms with Crippen LogP contribution in [-0.4, -0.2) is 63.5 Å². The van der Waals surface area contributed by atoms with E-state index in [0.29, 0.717) is 19.6 Å². The predicted molar refractivity (Wildman–Crippen MR) is 119 cm³/mol. The van der Waals surface area contributed by atoms with Gasteiger partial charge in [-0.3, -0.25) is 4.90 Å². The molecular formula is C18H31IN4O2S. The van der Waals surface area contributed by atoms with E-state index in [2.05, 4.69) is 52.6 Å². The van der Waals surface area contributed by atoms with Crippen molar-refractivity contribution in [2.24, 2.45) is 4.99 Å². The standard InChI is InChI=1S/C18H30N4O2S.HI/c1-4-19-18(21-14-17-6-5-15(2)13-16(17)3)20-7-8-22-9-11-25(23,24)12-10-22;/h5-6,13H,4,7-12,14H2,1-3H3,(H2,19,20,21);1H. The summed E-state index contributed by atoms with van der Waals surface area (Å²) in [5, 5.41) is 6.60. The van der Waals surface area contributed by atoms with Crippen molar-refractivity contribution in [2.75, 3.05) is 44.2 Å². The lowest BCUT2D eigenvalue weighted by Crippen LogP contribution is -2.45. The third-order valence-corrected chi connectivity index (χ3v) is 6.02. The summed E-state index contributed by atoms with van der Waals surface area (Å²) in [7, 11) is -2.81. The Kier molecular flexibility index (Phi) is 9.88. The first-order valence-corrected chi connectivity index (χ1v) is 10.7. The maximum atomic E-state index is 11.5. The van der Waals surface area contributed by atoms with Crippen molar-refractivity contribution in [3.63, 3.8) is 0 Å². The quantitative estimate of drug-likeness (QED) is 0.358. The molecule has 0 radical (unpaired) electrons. The van der Waals surface area contributed by atoms with Gasteiger partial charge >= 0.3 is 0 Å². The number of aryl methyl sites for hydroxylation is 2. The topological polar surface area (TPSA) is 73.8 Å². The Morgan fingerprint density at radius 2 is 1.88 bits per heavy atom. The van der Waals surface area contributed by atoms with Gasteiger partial charge in [0.15, 0.2) is 15.8 Å². The number of halogens is 1. The maximum Gasteiger partial charge on any atom is 0.191 e. The van der Waals surface area contributed by atoms with E-state index in [1.165, 1.54) is 16.7 Å². The van der Waals surface area contributed by atoms with Gasteiger partial charge < -0.3 is 10.6 Å². The monoisotopic (exact) mass is 494 g/mol. The molecule has 0 aromatic heterocycles. The van der Waals surface area contributed by atoms with Crippen LogP contribution in [0.25, 0.3) is 0 Å². The minimum absolute atomic E-state index is 0. The molecule has 0 atom stereocenters. The fourth-order valence-electron chi connectivity index (χ4n) is 2.84. The van der Waals surface area contributed by atoms with Crippen LogP contribution < -0.4 is 10.6 Å². The van der Waals surface area contributed by atoms with E-state index in [-0.39, 0.29) is 35.5 Å². The molecule has 0 spiro atoms. The first-order chi connectivity index (χ1) is 11.9. The Labute approximate surface area is 174 Å². The van der Waals surface area contributed by atoms with E-state index < -0.39 is 9.84 Å². The van der Waals surface area contributed by atoms with Crippen molar-refractivity contribution in [1.82, 2.24) is 15.5 Å². The summed E-state index contributed by atoms with van der Waals surface area (Å²) >= 11 is 0. The van der Waals surface area contributed by atoms with Crippen LogP contribution in [0.3, 0.4) is 0 Å². The smallest absolute Gasteiger partial charge is 0.191 e. The molecular weight excluding hydrogens is 463 g/mol. The minimum atomic E-state index is -2.81. The van der Waals surface area contributed by atoms with Crippen molar-refractivity contribution in [3.05, 3.63) is 34.9 Å². The molecule has 0 amide bonds. The van der Waals surface area contributed by atoms with Gasteiger partial charge in [0.25, 0.3) is 0 Å². The van der Waals surface area contributed by atoms with Gasteiger partial charge in [-0.1, -0.05) is 23.8 Å². The maximum absolute atomic E-state index is 11.5. The normalized spacial score (nSPS) is 17.4. The minimum Gasteiger partial charge on any atom is -0.357 e. The van der Waals surface area contributed by atoms with Crippen LogP contribution >= 0.6 is 24.0 Å². The molecule has 0 aliphatic carbocycles. The summed E-state index contributed by atoms with van der Waals surface area (Å²) in [6.45, 7) is 10.5. The molecule has 1 heterocycles. The largest absolute Gasteiger partial charge is 0.357 e. The number of hydrogen-bond acceptors (Lipinski definition) is 4. The Balaban J connectivity index is 0.00000338. The van der Waals surface area contributed by atoms with E-state index in [9.17, 15) is 8.42 Å². The molecule has 148 valence electrons. The second-order valence-electron chi connectivity index (χ2n) is 6.55. The van der Waals surface area contributed by atoms with Crippen LogP contribution in [0.15, 0.2) is 23.2 Å². The lowest BCUT2D eigenvalue weighted by molar-refractivity contribution is 0.299. The fourth-order valence-corrected chi connectivity index (χ4v) is 4.11. The van der Waals surface area contributed by atoms with E-state index in [0.717, 1.165) is 25.6 Å². The molecule has 1 aliphatic heterocycles. The molecule has 6 nitrogen and oxygen atoms in total. The van der Waals surface area contributed by atoms with Crippen molar-refractivity contribution in [1.29, 1.82) is 0 Å². The van der Waals surface area contributed by atoms with Crippen LogP contribution in [0.1, 0.15) is 23.6 Å². The highest BCUT2D eigenvalue weighted by Crippen LogP contribution is 2.11. The molecule has 1 aromatic rings. The highest BCUT2D eigenvalue weighted by atomic mass is 127. The molecule has 0 unspecified atom stereocenters. The number of nitrogens with zero attached hydrogens (tertiary/aromatic N) is 2. The van der Waals surface area contributed by atoms with Gasteiger partial charge in [0.05, 0.1) is 18.1 Å². The molecule has 1 saturated heterocycles. The first-order valence-electron chi connectivity index (χ1n) is 8.91. The Morgan fingerprint density at radius 3 is 2.50 bits per heavy atom. The third kappa shape index (κ3) is 7.79. The van der Waals surface area contributed by atoms with Gasteiger partial charge in [0.2, 0.25) is 0 Å². The summed E-state index contributed by atoms with van der Waals surface area (Å²) in [4.78, 5) is 6.84. The number of aliphatic imine (C=N–C) groups is 1. The number of benzene rings is 1. The van der Waals surface area contributed by atoms with E-state index >= 15 is 0 Å². The average molecular weight is 494 g/mol. The van der Waals surface area contributed by atoms with Crippen molar-refractivity contribution >= 4 is 39.8 Å². The van der Waals surface area contributed by atoms with Crippen molar-refractivity contribution in [3.8, 4) is 0 Å². The van der Waals surface area contributed by atoms with Crippen LogP contribution in [0, 0.1) is 13.8 Å². The molecule has 8 heteroatoms. The molecule has 1 aliphatic rings. The van der Waals surface area contributed by atoms with Crippen LogP contribution in [0.5, 0.6) is 0 Å². The van der Waals surface area contributed by atoms with E-state index in [1.807, 2.05) is 6.92 Å². The summed E-state index contributed by atoms with van der Waals surface area (Å²) in [6.07, 6.45) is 0. The highest BCUT2D eigenvalue weighted by molar-refractivity contribution is 14.0. The highest BCUT2D eigenvalue weighted by Gasteiger charge is 2.20. The molecule has 0 bridgehead atoms. The summed E-state index contributed by atoms with van der Waals surface area (Å²) < 4.78 is 22.9. The summed E-state index contributed by atoms with van der Waals surface area (Å²) in [6, 6.07) is 6.42. The van der Waals surface area contributed by atoms with Gasteiger partial charge in [-0.05, 0) is 31.9 Å². The molecule has 26 heavy (non-hydrogen) atoms. The van der Waals surface area contributed by atoms with Gasteiger partial charge in [-0.15, -0.1) is 24.0 Å². The Morgan fingerprint density at radius 1 is 1.19 bits per heavy atom. The lowest BCUT2D eigenvalue weighted by Gasteiger charge is -2.26. The van der Waals surface area contributed by atoms with Gasteiger partial charge in [-0.25, -0.2) is 13.4 Å². The molecule has 0 saturated carbocycles. The SMILES string of the molecule is CCNC(=NCc1ccc(C)cc1C)NCCN1CCS(=O)(=O)CC1.I. The predicted octanol–water partition coefficient (Wildman–Crippen LogP) is 1.71. The zero-order valence-corrected chi connectivity index (χ0v) is 19.1. The second kappa shape index (κ2) is 11.1. The summed E-state index contributed by atoms with van der Waals surface area (Å²) in [5.41, 5.74) is 3.75. The first kappa shape index (κ1) is 23.2.